The predicted octanol–water partition coefficient (Wildman–Crippen LogP) is 3.51. The van der Waals surface area contributed by atoms with Gasteiger partial charge in [-0.1, -0.05) is 30.5 Å². The van der Waals surface area contributed by atoms with Crippen molar-refractivity contribution in [3.05, 3.63) is 34.6 Å². The van der Waals surface area contributed by atoms with Crippen molar-refractivity contribution in [1.29, 1.82) is 0 Å². The molecule has 0 aromatic heterocycles. The number of hydrogen-bond acceptors (Lipinski definition) is 2. The number of rotatable bonds is 4. The minimum atomic E-state index is -0.391. The van der Waals surface area contributed by atoms with E-state index in [1.165, 1.54) is 18.9 Å². The van der Waals surface area contributed by atoms with E-state index in [2.05, 4.69) is 0 Å². The maximum Gasteiger partial charge on any atom is 0.141 e. The highest BCUT2D eigenvalue weighted by Gasteiger charge is 2.24. The van der Waals surface area contributed by atoms with Gasteiger partial charge < -0.3 is 10.5 Å². The molecule has 1 saturated carbocycles. The zero-order valence-corrected chi connectivity index (χ0v) is 11.1. The van der Waals surface area contributed by atoms with E-state index in [4.69, 9.17) is 22.1 Å². The lowest BCUT2D eigenvalue weighted by atomic mass is 9.86. The number of ether oxygens (including phenoxy) is 1. The van der Waals surface area contributed by atoms with Crippen molar-refractivity contribution in [2.45, 2.75) is 38.4 Å². The Morgan fingerprint density at radius 3 is 2.83 bits per heavy atom. The largest absolute Gasteiger partial charge is 0.373 e. The quantitative estimate of drug-likeness (QED) is 0.909. The van der Waals surface area contributed by atoms with Gasteiger partial charge in [0.25, 0.3) is 0 Å². The van der Waals surface area contributed by atoms with Crippen LogP contribution in [0.15, 0.2) is 18.2 Å². The standard InChI is InChI=1S/C14H19ClFNO/c15-12-7-10(5-6-13(12)16)9-18-14-4-2-1-3-11(14)8-17/h5-7,11,14H,1-4,8-9,17H2. The molecule has 1 aliphatic rings. The van der Waals surface area contributed by atoms with Gasteiger partial charge in [-0.15, -0.1) is 0 Å². The summed E-state index contributed by atoms with van der Waals surface area (Å²) in [5.41, 5.74) is 6.66. The first kappa shape index (κ1) is 13.8. The Morgan fingerprint density at radius 1 is 1.33 bits per heavy atom. The molecule has 0 heterocycles. The molecule has 100 valence electrons. The van der Waals surface area contributed by atoms with Crippen molar-refractivity contribution in [3.8, 4) is 0 Å². The van der Waals surface area contributed by atoms with Crippen LogP contribution in [-0.4, -0.2) is 12.6 Å². The van der Waals surface area contributed by atoms with Crippen molar-refractivity contribution in [3.63, 3.8) is 0 Å². The fourth-order valence-corrected chi connectivity index (χ4v) is 2.70. The van der Waals surface area contributed by atoms with E-state index in [1.807, 2.05) is 0 Å². The van der Waals surface area contributed by atoms with E-state index in [0.717, 1.165) is 18.4 Å². The van der Waals surface area contributed by atoms with Gasteiger partial charge in [-0.05, 0) is 43.0 Å². The zero-order chi connectivity index (χ0) is 13.0. The smallest absolute Gasteiger partial charge is 0.141 e. The molecular weight excluding hydrogens is 253 g/mol. The highest BCUT2D eigenvalue weighted by Crippen LogP contribution is 2.27. The van der Waals surface area contributed by atoms with Crippen LogP contribution >= 0.6 is 11.6 Å². The molecule has 0 spiro atoms. The summed E-state index contributed by atoms with van der Waals surface area (Å²) in [5, 5.41) is 0.148. The van der Waals surface area contributed by atoms with Gasteiger partial charge >= 0.3 is 0 Å². The van der Waals surface area contributed by atoms with Gasteiger partial charge in [-0.25, -0.2) is 4.39 Å². The van der Waals surface area contributed by atoms with Gasteiger partial charge in [-0.3, -0.25) is 0 Å². The Balaban J connectivity index is 1.91. The molecule has 0 radical (unpaired) electrons. The lowest BCUT2D eigenvalue weighted by molar-refractivity contribution is -0.0183. The van der Waals surface area contributed by atoms with E-state index in [-0.39, 0.29) is 11.1 Å². The van der Waals surface area contributed by atoms with Crippen LogP contribution in [0, 0.1) is 11.7 Å². The second-order valence-corrected chi connectivity index (χ2v) is 5.29. The van der Waals surface area contributed by atoms with Gasteiger partial charge in [0, 0.05) is 0 Å². The summed E-state index contributed by atoms with van der Waals surface area (Å²) in [6.07, 6.45) is 4.88. The minimum absolute atomic E-state index is 0.148. The van der Waals surface area contributed by atoms with Crippen LogP contribution in [0.5, 0.6) is 0 Å². The third-order valence-corrected chi connectivity index (χ3v) is 3.88. The molecule has 18 heavy (non-hydrogen) atoms. The molecule has 1 aromatic carbocycles. The van der Waals surface area contributed by atoms with Crippen LogP contribution in [0.25, 0.3) is 0 Å². The molecule has 0 amide bonds. The van der Waals surface area contributed by atoms with Crippen LogP contribution in [-0.2, 0) is 11.3 Å². The molecule has 0 saturated heterocycles. The molecule has 2 nitrogen and oxygen atoms in total. The lowest BCUT2D eigenvalue weighted by Crippen LogP contribution is -2.33. The second kappa shape index (κ2) is 6.50. The van der Waals surface area contributed by atoms with E-state index in [0.29, 0.717) is 19.1 Å². The predicted molar refractivity (Wildman–Crippen MR) is 71.0 cm³/mol. The molecule has 4 heteroatoms. The van der Waals surface area contributed by atoms with Crippen molar-refractivity contribution in [2.75, 3.05) is 6.54 Å². The SMILES string of the molecule is NCC1CCCCC1OCc1ccc(F)c(Cl)c1. The number of hydrogen-bond donors (Lipinski definition) is 1. The number of benzene rings is 1. The minimum Gasteiger partial charge on any atom is -0.373 e. The maximum absolute atomic E-state index is 13.0. The fraction of sp³-hybridized carbons (Fsp3) is 0.571. The molecule has 0 aliphatic heterocycles. The van der Waals surface area contributed by atoms with Crippen molar-refractivity contribution >= 4 is 11.6 Å². The number of halogens is 2. The van der Waals surface area contributed by atoms with E-state index >= 15 is 0 Å². The van der Waals surface area contributed by atoms with E-state index < -0.39 is 5.82 Å². The van der Waals surface area contributed by atoms with Crippen LogP contribution in [0.2, 0.25) is 5.02 Å². The Hall–Kier alpha value is -0.640. The van der Waals surface area contributed by atoms with Gasteiger partial charge in [0.05, 0.1) is 17.7 Å². The molecule has 1 aliphatic carbocycles. The summed E-state index contributed by atoms with van der Waals surface area (Å²) in [7, 11) is 0. The van der Waals surface area contributed by atoms with Gasteiger partial charge in [0.15, 0.2) is 0 Å². The molecule has 2 rings (SSSR count). The van der Waals surface area contributed by atoms with Crippen LogP contribution in [0.3, 0.4) is 0 Å². The summed E-state index contributed by atoms with van der Waals surface area (Å²) < 4.78 is 18.9. The van der Waals surface area contributed by atoms with Crippen LogP contribution in [0.1, 0.15) is 31.2 Å². The average Bonchev–Trinajstić information content (AvgIpc) is 2.40. The van der Waals surface area contributed by atoms with Crippen molar-refractivity contribution < 1.29 is 9.13 Å². The normalized spacial score (nSPS) is 24.2. The summed E-state index contributed by atoms with van der Waals surface area (Å²) in [5.74, 6) is 0.0626. The van der Waals surface area contributed by atoms with Crippen LogP contribution in [0.4, 0.5) is 4.39 Å². The summed E-state index contributed by atoms with van der Waals surface area (Å²) in [6.45, 7) is 1.15. The molecule has 2 unspecified atom stereocenters. The first-order valence-corrected chi connectivity index (χ1v) is 6.84. The molecular formula is C14H19ClFNO. The molecule has 1 aromatic rings. The lowest BCUT2D eigenvalue weighted by Gasteiger charge is -2.30. The van der Waals surface area contributed by atoms with Gasteiger partial charge in [0.2, 0.25) is 0 Å². The summed E-state index contributed by atoms with van der Waals surface area (Å²) in [4.78, 5) is 0. The Bertz CT molecular complexity index is 399. The monoisotopic (exact) mass is 271 g/mol. The number of nitrogens with two attached hydrogens (primary N) is 1. The highest BCUT2D eigenvalue weighted by atomic mass is 35.5. The van der Waals surface area contributed by atoms with Crippen molar-refractivity contribution in [1.82, 2.24) is 0 Å². The Morgan fingerprint density at radius 2 is 2.11 bits per heavy atom. The molecule has 2 N–H and O–H groups in total. The maximum atomic E-state index is 13.0. The first-order chi connectivity index (χ1) is 8.70. The average molecular weight is 272 g/mol. The van der Waals surface area contributed by atoms with E-state index in [9.17, 15) is 4.39 Å². The second-order valence-electron chi connectivity index (χ2n) is 4.88. The van der Waals surface area contributed by atoms with Crippen LogP contribution < -0.4 is 5.73 Å². The van der Waals surface area contributed by atoms with Crippen molar-refractivity contribution in [2.24, 2.45) is 11.7 Å². The molecule has 1 fully saturated rings. The first-order valence-electron chi connectivity index (χ1n) is 6.46. The fourth-order valence-electron chi connectivity index (χ4n) is 2.50. The Kier molecular flexibility index (Phi) is 4.98. The third kappa shape index (κ3) is 3.44. The van der Waals surface area contributed by atoms with Gasteiger partial charge in [0.1, 0.15) is 5.82 Å². The zero-order valence-electron chi connectivity index (χ0n) is 10.4. The Labute approximate surface area is 112 Å². The van der Waals surface area contributed by atoms with E-state index in [1.54, 1.807) is 12.1 Å². The highest BCUT2D eigenvalue weighted by molar-refractivity contribution is 6.30. The summed E-state index contributed by atoms with van der Waals surface area (Å²) >= 11 is 5.74. The van der Waals surface area contributed by atoms with Gasteiger partial charge in [-0.2, -0.15) is 0 Å². The third-order valence-electron chi connectivity index (χ3n) is 3.59. The summed E-state index contributed by atoms with van der Waals surface area (Å²) in [6, 6.07) is 4.71. The topological polar surface area (TPSA) is 35.2 Å². The molecule has 2 atom stereocenters. The molecule has 0 bridgehead atoms.